The molecule has 0 saturated carbocycles. The first-order valence-corrected chi connectivity index (χ1v) is 16.2. The molecule has 3 aliphatic rings. The smallest absolute Gasteiger partial charge is 0.338 e. The lowest BCUT2D eigenvalue weighted by atomic mass is 9.95. The van der Waals surface area contributed by atoms with Crippen LogP contribution in [0.3, 0.4) is 0 Å². The number of aliphatic carboxylic acids is 1. The Balaban J connectivity index is 1.25. The molecule has 2 saturated heterocycles. The molecule has 14 heteroatoms. The van der Waals surface area contributed by atoms with Gasteiger partial charge in [-0.15, -0.1) is 11.3 Å². The highest BCUT2D eigenvalue weighted by atomic mass is 35.5. The molecule has 0 radical (unpaired) electrons. The number of carboxylic acids is 1. The number of amidine groups is 1. The van der Waals surface area contributed by atoms with Crippen molar-refractivity contribution in [3.63, 3.8) is 0 Å². The number of hydrogen-bond acceptors (Lipinski definition) is 9. The number of benzene rings is 2. The molecule has 2 fully saturated rings. The summed E-state index contributed by atoms with van der Waals surface area (Å²) < 4.78 is 19.5. The summed E-state index contributed by atoms with van der Waals surface area (Å²) in [5, 5.41) is 14.9. The fraction of sp³-hybridized carbons (Fsp3) is 0.344. The number of piperazine rings is 1. The standard InChI is InChI=1S/C32H32ClFN6O5S/c1-2-45-31(43)27-25(36-29(30-35-11-14-46-30)37-28(27)23-9-6-20(34)15-24(23)33)18-38-12-13-39-22(16-38)17-40(32(39)44)21-7-3-19(4-8-21)5-10-26(41)42/h3-4,6-9,11,14-15,22,28H,2,5,10,12-13,16-18H2,1H3,(H,36,37)(H,41,42)/t22-,28-/m0/s1. The van der Waals surface area contributed by atoms with Crippen molar-refractivity contribution >= 4 is 52.4 Å². The Morgan fingerprint density at radius 3 is 2.67 bits per heavy atom. The minimum absolute atomic E-state index is 0.0473. The molecule has 3 aromatic rings. The van der Waals surface area contributed by atoms with Crippen molar-refractivity contribution in [2.45, 2.75) is 31.8 Å². The average Bonchev–Trinajstić information content (AvgIpc) is 3.69. The highest BCUT2D eigenvalue weighted by molar-refractivity contribution is 7.11. The first-order chi connectivity index (χ1) is 22.2. The van der Waals surface area contributed by atoms with Gasteiger partial charge in [0.1, 0.15) is 11.9 Å². The second-order valence-electron chi connectivity index (χ2n) is 11.2. The van der Waals surface area contributed by atoms with Gasteiger partial charge < -0.3 is 20.1 Å². The van der Waals surface area contributed by atoms with E-state index < -0.39 is 23.8 Å². The number of rotatable bonds is 10. The third kappa shape index (κ3) is 6.62. The first-order valence-electron chi connectivity index (χ1n) is 14.9. The summed E-state index contributed by atoms with van der Waals surface area (Å²) in [5.74, 6) is -1.43. The van der Waals surface area contributed by atoms with Crippen LogP contribution in [0.2, 0.25) is 5.02 Å². The first kappa shape index (κ1) is 31.6. The number of carbonyl (C=O) groups excluding carboxylic acids is 2. The summed E-state index contributed by atoms with van der Waals surface area (Å²) >= 11 is 7.90. The Morgan fingerprint density at radius 1 is 1.17 bits per heavy atom. The number of carboxylic acid groups (broad SMARTS) is 1. The van der Waals surface area contributed by atoms with E-state index in [4.69, 9.17) is 26.4 Å². The molecule has 4 heterocycles. The highest BCUT2D eigenvalue weighted by Crippen LogP contribution is 2.37. The molecule has 46 heavy (non-hydrogen) atoms. The van der Waals surface area contributed by atoms with Crippen LogP contribution in [0, 0.1) is 5.82 Å². The SMILES string of the molecule is CCOC(=O)C1=C(CN2CCN3C(=O)N(c4ccc(CCC(=O)O)cc4)C[C@@H]3C2)NC(c2nccs2)=N[C@H]1c1ccc(F)cc1Cl. The number of aryl methyl sites for hydroxylation is 1. The van der Waals surface area contributed by atoms with Gasteiger partial charge in [0.05, 0.1) is 18.2 Å². The van der Waals surface area contributed by atoms with E-state index in [1.165, 1.54) is 29.5 Å². The maximum absolute atomic E-state index is 14.0. The zero-order valence-electron chi connectivity index (χ0n) is 25.0. The van der Waals surface area contributed by atoms with E-state index in [0.717, 1.165) is 11.3 Å². The van der Waals surface area contributed by atoms with Crippen LogP contribution >= 0.6 is 22.9 Å². The number of halogens is 2. The number of ether oxygens (including phenoxy) is 1. The van der Waals surface area contributed by atoms with Gasteiger partial charge in [0.15, 0.2) is 10.8 Å². The van der Waals surface area contributed by atoms with E-state index in [1.54, 1.807) is 18.0 Å². The largest absolute Gasteiger partial charge is 0.481 e. The molecular weight excluding hydrogens is 635 g/mol. The average molecular weight is 667 g/mol. The fourth-order valence-electron chi connectivity index (χ4n) is 6.02. The third-order valence-electron chi connectivity index (χ3n) is 8.21. The predicted octanol–water partition coefficient (Wildman–Crippen LogP) is 4.49. The molecular formula is C32H32ClFN6O5S. The molecule has 2 amide bonds. The Morgan fingerprint density at radius 2 is 1.98 bits per heavy atom. The lowest BCUT2D eigenvalue weighted by Crippen LogP contribution is -2.53. The normalized spacial score (nSPS) is 20.0. The van der Waals surface area contributed by atoms with Gasteiger partial charge in [-0.25, -0.2) is 19.0 Å². The summed E-state index contributed by atoms with van der Waals surface area (Å²) in [4.78, 5) is 52.9. The monoisotopic (exact) mass is 666 g/mol. The zero-order valence-corrected chi connectivity index (χ0v) is 26.6. The number of esters is 1. The molecule has 1 aromatic heterocycles. The van der Waals surface area contributed by atoms with Gasteiger partial charge in [-0.3, -0.25) is 19.6 Å². The summed E-state index contributed by atoms with van der Waals surface area (Å²) in [7, 11) is 0. The second kappa shape index (κ2) is 13.6. The molecule has 2 atom stereocenters. The molecule has 6 rings (SSSR count). The fourth-order valence-corrected chi connectivity index (χ4v) is 6.87. The molecule has 3 aliphatic heterocycles. The van der Waals surface area contributed by atoms with Crippen molar-refractivity contribution in [3.05, 3.63) is 92.3 Å². The van der Waals surface area contributed by atoms with Crippen LogP contribution in [0.15, 0.2) is 70.3 Å². The van der Waals surface area contributed by atoms with Crippen molar-refractivity contribution < 1.29 is 28.6 Å². The number of aliphatic imine (C=N–C) groups is 1. The van der Waals surface area contributed by atoms with Crippen LogP contribution in [0.5, 0.6) is 0 Å². The maximum Gasteiger partial charge on any atom is 0.338 e. The van der Waals surface area contributed by atoms with E-state index in [-0.39, 0.29) is 35.7 Å². The van der Waals surface area contributed by atoms with Crippen LogP contribution in [0.1, 0.15) is 35.5 Å². The molecule has 0 bridgehead atoms. The summed E-state index contributed by atoms with van der Waals surface area (Å²) in [5.41, 5.74) is 2.98. The Hall–Kier alpha value is -4.33. The van der Waals surface area contributed by atoms with Crippen LogP contribution in [-0.2, 0) is 20.7 Å². The Bertz CT molecular complexity index is 1700. The van der Waals surface area contributed by atoms with Gasteiger partial charge in [-0.1, -0.05) is 29.8 Å². The molecule has 11 nitrogen and oxygen atoms in total. The molecule has 2 N–H and O–H groups in total. The van der Waals surface area contributed by atoms with Crippen LogP contribution in [0.4, 0.5) is 14.9 Å². The van der Waals surface area contributed by atoms with E-state index in [2.05, 4.69) is 15.2 Å². The van der Waals surface area contributed by atoms with E-state index in [0.29, 0.717) is 61.2 Å². The predicted molar refractivity (Wildman–Crippen MR) is 172 cm³/mol. The number of carbonyl (C=O) groups is 3. The second-order valence-corrected chi connectivity index (χ2v) is 12.5. The Labute approximate surface area is 273 Å². The minimum Gasteiger partial charge on any atom is -0.481 e. The lowest BCUT2D eigenvalue weighted by molar-refractivity contribution is -0.139. The number of thiazole rings is 1. The van der Waals surface area contributed by atoms with Crippen LogP contribution < -0.4 is 10.2 Å². The molecule has 2 aromatic carbocycles. The van der Waals surface area contributed by atoms with Gasteiger partial charge >= 0.3 is 18.0 Å². The van der Waals surface area contributed by atoms with Crippen molar-refractivity contribution in [1.29, 1.82) is 0 Å². The number of amides is 2. The van der Waals surface area contributed by atoms with Crippen LogP contribution in [0.25, 0.3) is 0 Å². The summed E-state index contributed by atoms with van der Waals surface area (Å²) in [6.45, 7) is 4.33. The number of nitrogens with one attached hydrogen (secondary N) is 1. The highest BCUT2D eigenvalue weighted by Gasteiger charge is 2.42. The van der Waals surface area contributed by atoms with Gasteiger partial charge in [0, 0.05) is 72.7 Å². The molecule has 0 aliphatic carbocycles. The quantitative estimate of drug-likeness (QED) is 0.303. The van der Waals surface area contributed by atoms with Gasteiger partial charge in [-0.05, 0) is 43.2 Å². The number of hydrogen-bond donors (Lipinski definition) is 2. The summed E-state index contributed by atoms with van der Waals surface area (Å²) in [6, 6.07) is 10.4. The van der Waals surface area contributed by atoms with E-state index in [1.807, 2.05) is 34.5 Å². The third-order valence-corrected chi connectivity index (χ3v) is 9.31. The van der Waals surface area contributed by atoms with Crippen molar-refractivity contribution in [2.75, 3.05) is 44.2 Å². The maximum atomic E-state index is 14.0. The van der Waals surface area contributed by atoms with Gasteiger partial charge in [0.25, 0.3) is 0 Å². The van der Waals surface area contributed by atoms with Gasteiger partial charge in [-0.2, -0.15) is 0 Å². The lowest BCUT2D eigenvalue weighted by Gasteiger charge is -2.38. The van der Waals surface area contributed by atoms with E-state index >= 15 is 0 Å². The van der Waals surface area contributed by atoms with E-state index in [9.17, 15) is 18.8 Å². The Kier molecular flexibility index (Phi) is 9.34. The van der Waals surface area contributed by atoms with Crippen LogP contribution in [-0.4, -0.2) is 89.1 Å². The van der Waals surface area contributed by atoms with Crippen molar-refractivity contribution in [2.24, 2.45) is 4.99 Å². The number of anilines is 1. The molecule has 0 spiro atoms. The number of aromatic nitrogens is 1. The molecule has 0 unspecified atom stereocenters. The topological polar surface area (TPSA) is 128 Å². The number of urea groups is 1. The number of nitrogens with zero attached hydrogens (tertiary/aromatic N) is 5. The molecule has 240 valence electrons. The number of fused-ring (bicyclic) bond motifs is 1. The van der Waals surface area contributed by atoms with Crippen molar-refractivity contribution in [1.82, 2.24) is 20.1 Å². The van der Waals surface area contributed by atoms with Gasteiger partial charge in [0.2, 0.25) is 0 Å². The zero-order chi connectivity index (χ0) is 32.4. The minimum atomic E-state index is -0.856. The summed E-state index contributed by atoms with van der Waals surface area (Å²) in [6.07, 6.45) is 2.14. The van der Waals surface area contributed by atoms with Crippen molar-refractivity contribution in [3.8, 4) is 0 Å².